The summed E-state index contributed by atoms with van der Waals surface area (Å²) in [5.74, 6) is 0.476. The lowest BCUT2D eigenvalue weighted by atomic mass is 9.98. The van der Waals surface area contributed by atoms with Crippen molar-refractivity contribution in [3.8, 4) is 0 Å². The number of hydrogen-bond acceptors (Lipinski definition) is 4. The van der Waals surface area contributed by atoms with Crippen molar-refractivity contribution in [3.63, 3.8) is 0 Å². The van der Waals surface area contributed by atoms with Crippen molar-refractivity contribution in [1.82, 2.24) is 4.98 Å². The van der Waals surface area contributed by atoms with E-state index in [1.807, 2.05) is 6.92 Å². The van der Waals surface area contributed by atoms with Crippen LogP contribution in [0.25, 0.3) is 0 Å². The van der Waals surface area contributed by atoms with Crippen LogP contribution in [0.4, 0.5) is 5.82 Å². The van der Waals surface area contributed by atoms with Gasteiger partial charge in [-0.3, -0.25) is 0 Å². The highest BCUT2D eigenvalue weighted by molar-refractivity contribution is 6.32. The van der Waals surface area contributed by atoms with E-state index < -0.39 is 5.54 Å². The summed E-state index contributed by atoms with van der Waals surface area (Å²) in [7, 11) is 0. The van der Waals surface area contributed by atoms with E-state index in [1.54, 1.807) is 18.3 Å². The van der Waals surface area contributed by atoms with Gasteiger partial charge in [-0.15, -0.1) is 0 Å². The maximum Gasteiger partial charge on any atom is 0.145 e. The third-order valence-electron chi connectivity index (χ3n) is 2.42. The van der Waals surface area contributed by atoms with Gasteiger partial charge in [-0.05, 0) is 18.6 Å². The molecule has 0 unspecified atom stereocenters. The zero-order chi connectivity index (χ0) is 11.3. The Hall–Kier alpha value is -0.840. The molecule has 0 aliphatic heterocycles. The largest absolute Gasteiger partial charge is 0.394 e. The molecular formula is C10H15ClN2O2. The van der Waals surface area contributed by atoms with Gasteiger partial charge in [0.2, 0.25) is 0 Å². The fourth-order valence-electron chi connectivity index (χ4n) is 1.17. The minimum Gasteiger partial charge on any atom is -0.394 e. The first-order chi connectivity index (χ1) is 7.17. The average Bonchev–Trinajstić information content (AvgIpc) is 2.29. The van der Waals surface area contributed by atoms with Gasteiger partial charge in [0, 0.05) is 6.20 Å². The number of pyridine rings is 1. The number of aliphatic hydroxyl groups excluding tert-OH is 2. The molecule has 4 nitrogen and oxygen atoms in total. The highest BCUT2D eigenvalue weighted by Crippen LogP contribution is 2.23. The maximum atomic E-state index is 9.24. The highest BCUT2D eigenvalue weighted by atomic mass is 35.5. The molecule has 0 atom stereocenters. The Morgan fingerprint density at radius 1 is 1.47 bits per heavy atom. The van der Waals surface area contributed by atoms with Gasteiger partial charge in [0.1, 0.15) is 5.82 Å². The number of halogens is 1. The van der Waals surface area contributed by atoms with Gasteiger partial charge in [-0.1, -0.05) is 18.5 Å². The quantitative estimate of drug-likeness (QED) is 0.713. The van der Waals surface area contributed by atoms with Gasteiger partial charge in [0.15, 0.2) is 0 Å². The summed E-state index contributed by atoms with van der Waals surface area (Å²) in [6.45, 7) is 1.52. The molecule has 0 aromatic carbocycles. The third-order valence-corrected chi connectivity index (χ3v) is 2.73. The predicted octanol–water partition coefficient (Wildman–Crippen LogP) is 1.28. The molecule has 0 aliphatic carbocycles. The SMILES string of the molecule is CCC(CO)(CO)Nc1ncccc1Cl. The van der Waals surface area contributed by atoms with Crippen LogP contribution >= 0.6 is 11.6 Å². The minimum atomic E-state index is -0.766. The van der Waals surface area contributed by atoms with E-state index in [9.17, 15) is 10.2 Å². The van der Waals surface area contributed by atoms with Crippen molar-refractivity contribution in [2.45, 2.75) is 18.9 Å². The Labute approximate surface area is 93.9 Å². The van der Waals surface area contributed by atoms with Gasteiger partial charge in [0.05, 0.1) is 23.8 Å². The molecule has 84 valence electrons. The van der Waals surface area contributed by atoms with Gasteiger partial charge in [-0.25, -0.2) is 4.98 Å². The Bertz CT molecular complexity index is 308. The molecule has 0 fully saturated rings. The second-order valence-corrected chi connectivity index (χ2v) is 3.82. The predicted molar refractivity (Wildman–Crippen MR) is 60.1 cm³/mol. The first-order valence-corrected chi connectivity index (χ1v) is 5.15. The van der Waals surface area contributed by atoms with Crippen LogP contribution < -0.4 is 5.32 Å². The molecule has 1 aromatic rings. The van der Waals surface area contributed by atoms with E-state index in [-0.39, 0.29) is 13.2 Å². The molecule has 15 heavy (non-hydrogen) atoms. The van der Waals surface area contributed by atoms with Crippen LogP contribution in [-0.2, 0) is 0 Å². The number of nitrogens with zero attached hydrogens (tertiary/aromatic N) is 1. The second kappa shape index (κ2) is 5.30. The minimum absolute atomic E-state index is 0.174. The zero-order valence-electron chi connectivity index (χ0n) is 8.57. The average molecular weight is 231 g/mol. The molecule has 0 saturated heterocycles. The lowest BCUT2D eigenvalue weighted by Crippen LogP contribution is -2.45. The summed E-state index contributed by atoms with van der Waals surface area (Å²) in [6, 6.07) is 3.42. The molecule has 0 amide bonds. The van der Waals surface area contributed by atoms with Crippen LogP contribution in [0, 0.1) is 0 Å². The van der Waals surface area contributed by atoms with Crippen molar-refractivity contribution >= 4 is 17.4 Å². The van der Waals surface area contributed by atoms with Crippen LogP contribution in [-0.4, -0.2) is 33.9 Å². The van der Waals surface area contributed by atoms with Crippen LogP contribution in [0.2, 0.25) is 5.02 Å². The van der Waals surface area contributed by atoms with E-state index >= 15 is 0 Å². The first kappa shape index (κ1) is 12.2. The Morgan fingerprint density at radius 2 is 2.13 bits per heavy atom. The molecule has 1 rings (SSSR count). The number of rotatable bonds is 5. The lowest BCUT2D eigenvalue weighted by molar-refractivity contribution is 0.132. The van der Waals surface area contributed by atoms with E-state index in [4.69, 9.17) is 11.6 Å². The smallest absolute Gasteiger partial charge is 0.145 e. The Balaban J connectivity index is 2.88. The van der Waals surface area contributed by atoms with Crippen LogP contribution in [0.15, 0.2) is 18.3 Å². The monoisotopic (exact) mass is 230 g/mol. The highest BCUT2D eigenvalue weighted by Gasteiger charge is 2.27. The van der Waals surface area contributed by atoms with Gasteiger partial charge in [-0.2, -0.15) is 0 Å². The normalized spacial score (nSPS) is 11.5. The van der Waals surface area contributed by atoms with Crippen molar-refractivity contribution in [3.05, 3.63) is 23.4 Å². The number of hydrogen-bond donors (Lipinski definition) is 3. The van der Waals surface area contributed by atoms with Crippen LogP contribution in [0.3, 0.4) is 0 Å². The van der Waals surface area contributed by atoms with E-state index in [2.05, 4.69) is 10.3 Å². The second-order valence-electron chi connectivity index (χ2n) is 3.41. The summed E-state index contributed by atoms with van der Waals surface area (Å²) in [5.41, 5.74) is -0.766. The Morgan fingerprint density at radius 3 is 2.60 bits per heavy atom. The van der Waals surface area contributed by atoms with Gasteiger partial charge in [0.25, 0.3) is 0 Å². The Kier molecular flexibility index (Phi) is 4.32. The van der Waals surface area contributed by atoms with E-state index in [0.29, 0.717) is 17.3 Å². The molecule has 5 heteroatoms. The van der Waals surface area contributed by atoms with E-state index in [1.165, 1.54) is 0 Å². The van der Waals surface area contributed by atoms with Crippen LogP contribution in [0.5, 0.6) is 0 Å². The number of nitrogens with one attached hydrogen (secondary N) is 1. The molecule has 0 aliphatic rings. The van der Waals surface area contributed by atoms with Crippen molar-refractivity contribution in [2.75, 3.05) is 18.5 Å². The van der Waals surface area contributed by atoms with Crippen LogP contribution in [0.1, 0.15) is 13.3 Å². The summed E-state index contributed by atoms with van der Waals surface area (Å²) in [4.78, 5) is 4.04. The molecule has 0 bridgehead atoms. The summed E-state index contributed by atoms with van der Waals surface area (Å²) < 4.78 is 0. The van der Waals surface area contributed by atoms with Crippen molar-refractivity contribution in [2.24, 2.45) is 0 Å². The molecule has 0 saturated carbocycles. The standard InChI is InChI=1S/C10H15ClN2O2/c1-2-10(6-14,7-15)13-9-8(11)4-3-5-12-9/h3-5,14-15H,2,6-7H2,1H3,(H,12,13). The lowest BCUT2D eigenvalue weighted by Gasteiger charge is -2.30. The molecule has 1 aromatic heterocycles. The molecular weight excluding hydrogens is 216 g/mol. The summed E-state index contributed by atoms with van der Waals surface area (Å²) >= 11 is 5.91. The topological polar surface area (TPSA) is 65.4 Å². The zero-order valence-corrected chi connectivity index (χ0v) is 9.33. The van der Waals surface area contributed by atoms with Gasteiger partial charge < -0.3 is 15.5 Å². The van der Waals surface area contributed by atoms with Gasteiger partial charge >= 0.3 is 0 Å². The number of anilines is 1. The fraction of sp³-hybridized carbons (Fsp3) is 0.500. The van der Waals surface area contributed by atoms with Crippen molar-refractivity contribution in [1.29, 1.82) is 0 Å². The molecule has 1 heterocycles. The van der Waals surface area contributed by atoms with Crippen molar-refractivity contribution < 1.29 is 10.2 Å². The molecule has 0 radical (unpaired) electrons. The fourth-order valence-corrected chi connectivity index (χ4v) is 1.34. The summed E-state index contributed by atoms with van der Waals surface area (Å²) in [6.07, 6.45) is 2.18. The molecule has 0 spiro atoms. The van der Waals surface area contributed by atoms with E-state index in [0.717, 1.165) is 0 Å². The molecule has 3 N–H and O–H groups in total. The number of aromatic nitrogens is 1. The third kappa shape index (κ3) is 2.81. The first-order valence-electron chi connectivity index (χ1n) is 4.78. The number of aliphatic hydroxyl groups is 2. The maximum absolute atomic E-state index is 9.24. The summed E-state index contributed by atoms with van der Waals surface area (Å²) in [5, 5.41) is 21.9.